The molecule has 1 N–H and O–H groups in total. The molecule has 0 aliphatic carbocycles. The Bertz CT molecular complexity index is 556. The zero-order valence-corrected chi connectivity index (χ0v) is 12.9. The number of hydrogen-bond acceptors (Lipinski definition) is 4. The molecular weight excluding hydrogens is 286 g/mol. The van der Waals surface area contributed by atoms with E-state index >= 15 is 0 Å². The Kier molecular flexibility index (Phi) is 5.32. The number of carbonyl (C=O) groups is 1. The van der Waals surface area contributed by atoms with Crippen molar-refractivity contribution in [1.82, 2.24) is 4.90 Å². The maximum absolute atomic E-state index is 12.1. The molecule has 1 atom stereocenters. The van der Waals surface area contributed by atoms with E-state index in [1.54, 1.807) is 24.9 Å². The van der Waals surface area contributed by atoms with Gasteiger partial charge in [0.05, 0.1) is 11.0 Å². The number of nitro benzene ring substituents is 1. The van der Waals surface area contributed by atoms with Gasteiger partial charge in [-0.25, -0.2) is 4.79 Å². The van der Waals surface area contributed by atoms with E-state index in [0.29, 0.717) is 17.8 Å². The van der Waals surface area contributed by atoms with Crippen LogP contribution in [0.15, 0.2) is 18.2 Å². The average molecular weight is 307 g/mol. The molecule has 1 aromatic rings. The highest BCUT2D eigenvalue weighted by Gasteiger charge is 2.19. The second-order valence-electron chi connectivity index (χ2n) is 5.56. The van der Waals surface area contributed by atoms with E-state index in [1.165, 1.54) is 12.1 Å². The fourth-order valence-corrected chi connectivity index (χ4v) is 2.50. The number of aryl methyl sites for hydroxylation is 1. The van der Waals surface area contributed by atoms with Gasteiger partial charge in [-0.2, -0.15) is 0 Å². The van der Waals surface area contributed by atoms with Gasteiger partial charge in [0.2, 0.25) is 0 Å². The summed E-state index contributed by atoms with van der Waals surface area (Å²) < 4.78 is 5.61. The predicted octanol–water partition coefficient (Wildman–Crippen LogP) is 2.94. The van der Waals surface area contributed by atoms with Gasteiger partial charge in [-0.1, -0.05) is 0 Å². The summed E-state index contributed by atoms with van der Waals surface area (Å²) in [4.78, 5) is 24.1. The number of nitrogens with zero attached hydrogens (tertiary/aromatic N) is 2. The Labute approximate surface area is 129 Å². The number of amides is 2. The van der Waals surface area contributed by atoms with Crippen LogP contribution in [-0.2, 0) is 4.74 Å². The van der Waals surface area contributed by atoms with Crippen molar-refractivity contribution in [2.75, 3.05) is 25.5 Å². The quantitative estimate of drug-likeness (QED) is 0.684. The molecule has 0 bridgehead atoms. The molecule has 1 heterocycles. The summed E-state index contributed by atoms with van der Waals surface area (Å²) in [5.41, 5.74) is 1.10. The molecule has 22 heavy (non-hydrogen) atoms. The summed E-state index contributed by atoms with van der Waals surface area (Å²) >= 11 is 0. The number of rotatable bonds is 4. The SMILES string of the molecule is Cc1cc(NC(=O)N(C)CC2CCCCO2)ccc1[N+](=O)[O-]. The Morgan fingerprint density at radius 3 is 2.86 bits per heavy atom. The van der Waals surface area contributed by atoms with Crippen molar-refractivity contribution in [2.24, 2.45) is 0 Å². The lowest BCUT2D eigenvalue weighted by atomic mass is 10.1. The van der Waals surface area contributed by atoms with Crippen LogP contribution in [0.3, 0.4) is 0 Å². The summed E-state index contributed by atoms with van der Waals surface area (Å²) in [7, 11) is 1.71. The van der Waals surface area contributed by atoms with Crippen LogP contribution in [-0.4, -0.2) is 42.2 Å². The zero-order valence-electron chi connectivity index (χ0n) is 12.9. The van der Waals surface area contributed by atoms with Gasteiger partial charge in [-0.15, -0.1) is 0 Å². The maximum atomic E-state index is 12.1. The first-order valence-electron chi connectivity index (χ1n) is 7.36. The van der Waals surface area contributed by atoms with E-state index in [-0.39, 0.29) is 17.8 Å². The monoisotopic (exact) mass is 307 g/mol. The molecule has 0 spiro atoms. The van der Waals surface area contributed by atoms with E-state index in [1.807, 2.05) is 0 Å². The van der Waals surface area contributed by atoms with Crippen molar-refractivity contribution in [3.63, 3.8) is 0 Å². The van der Waals surface area contributed by atoms with Gasteiger partial charge in [0.25, 0.3) is 5.69 Å². The molecule has 1 aliphatic rings. The Balaban J connectivity index is 1.93. The number of carbonyl (C=O) groups excluding carboxylic acids is 1. The summed E-state index contributed by atoms with van der Waals surface area (Å²) in [6.07, 6.45) is 3.26. The van der Waals surface area contributed by atoms with E-state index in [4.69, 9.17) is 4.74 Å². The third-order valence-electron chi connectivity index (χ3n) is 3.74. The van der Waals surface area contributed by atoms with Gasteiger partial charge >= 0.3 is 6.03 Å². The Morgan fingerprint density at radius 2 is 2.27 bits per heavy atom. The predicted molar refractivity (Wildman–Crippen MR) is 83.1 cm³/mol. The number of nitrogens with one attached hydrogen (secondary N) is 1. The van der Waals surface area contributed by atoms with Crippen molar-refractivity contribution < 1.29 is 14.5 Å². The van der Waals surface area contributed by atoms with Crippen LogP contribution in [0, 0.1) is 17.0 Å². The van der Waals surface area contributed by atoms with Gasteiger partial charge in [0.15, 0.2) is 0 Å². The Hall–Kier alpha value is -2.15. The maximum Gasteiger partial charge on any atom is 0.321 e. The van der Waals surface area contributed by atoms with Gasteiger partial charge < -0.3 is 15.0 Å². The average Bonchev–Trinajstić information content (AvgIpc) is 2.47. The summed E-state index contributed by atoms with van der Waals surface area (Å²) in [6, 6.07) is 4.28. The number of likely N-dealkylation sites (N-methyl/N-ethyl adjacent to an activating group) is 1. The largest absolute Gasteiger partial charge is 0.376 e. The number of benzene rings is 1. The summed E-state index contributed by atoms with van der Waals surface area (Å²) in [5, 5.41) is 13.5. The number of anilines is 1. The van der Waals surface area contributed by atoms with Gasteiger partial charge in [-0.05, 0) is 38.3 Å². The fourth-order valence-electron chi connectivity index (χ4n) is 2.50. The molecule has 2 rings (SSSR count). The lowest BCUT2D eigenvalue weighted by Crippen LogP contribution is -2.39. The molecule has 2 amide bonds. The first-order valence-corrected chi connectivity index (χ1v) is 7.36. The third-order valence-corrected chi connectivity index (χ3v) is 3.74. The highest BCUT2D eigenvalue weighted by molar-refractivity contribution is 5.89. The van der Waals surface area contributed by atoms with Gasteiger partial charge in [0.1, 0.15) is 0 Å². The normalized spacial score (nSPS) is 17.8. The van der Waals surface area contributed by atoms with E-state index in [0.717, 1.165) is 25.9 Å². The van der Waals surface area contributed by atoms with Gasteiger partial charge in [-0.3, -0.25) is 10.1 Å². The first-order chi connectivity index (χ1) is 10.5. The fraction of sp³-hybridized carbons (Fsp3) is 0.533. The lowest BCUT2D eigenvalue weighted by molar-refractivity contribution is -0.385. The van der Waals surface area contributed by atoms with Crippen molar-refractivity contribution in [1.29, 1.82) is 0 Å². The number of nitro groups is 1. The van der Waals surface area contributed by atoms with E-state index in [2.05, 4.69) is 5.32 Å². The minimum absolute atomic E-state index is 0.0435. The highest BCUT2D eigenvalue weighted by atomic mass is 16.6. The molecule has 0 radical (unpaired) electrons. The molecule has 1 saturated heterocycles. The van der Waals surface area contributed by atoms with Crippen LogP contribution in [0.4, 0.5) is 16.2 Å². The van der Waals surface area contributed by atoms with E-state index < -0.39 is 4.92 Å². The molecule has 7 nitrogen and oxygen atoms in total. The molecule has 7 heteroatoms. The lowest BCUT2D eigenvalue weighted by Gasteiger charge is -2.27. The third kappa shape index (κ3) is 4.17. The smallest absolute Gasteiger partial charge is 0.321 e. The number of urea groups is 1. The molecule has 1 fully saturated rings. The molecule has 1 unspecified atom stereocenters. The molecule has 0 saturated carbocycles. The molecular formula is C15H21N3O4. The topological polar surface area (TPSA) is 84.7 Å². The minimum atomic E-state index is -0.437. The Morgan fingerprint density at radius 1 is 1.50 bits per heavy atom. The number of ether oxygens (including phenoxy) is 1. The summed E-state index contributed by atoms with van der Waals surface area (Å²) in [5.74, 6) is 0. The highest BCUT2D eigenvalue weighted by Crippen LogP contribution is 2.22. The molecule has 120 valence electrons. The second kappa shape index (κ2) is 7.22. The molecule has 1 aliphatic heterocycles. The van der Waals surface area contributed by atoms with Crippen LogP contribution in [0.1, 0.15) is 24.8 Å². The van der Waals surface area contributed by atoms with Crippen molar-refractivity contribution >= 4 is 17.4 Å². The van der Waals surface area contributed by atoms with Crippen molar-refractivity contribution in [2.45, 2.75) is 32.3 Å². The van der Waals surface area contributed by atoms with Crippen LogP contribution in [0.5, 0.6) is 0 Å². The van der Waals surface area contributed by atoms with Crippen molar-refractivity contribution in [3.8, 4) is 0 Å². The molecule has 0 aromatic heterocycles. The zero-order chi connectivity index (χ0) is 16.1. The van der Waals surface area contributed by atoms with Crippen LogP contribution in [0.2, 0.25) is 0 Å². The first kappa shape index (κ1) is 16.2. The van der Waals surface area contributed by atoms with Crippen LogP contribution >= 0.6 is 0 Å². The minimum Gasteiger partial charge on any atom is -0.376 e. The summed E-state index contributed by atoms with van der Waals surface area (Å²) in [6.45, 7) is 2.94. The van der Waals surface area contributed by atoms with Crippen molar-refractivity contribution in [3.05, 3.63) is 33.9 Å². The van der Waals surface area contributed by atoms with E-state index in [9.17, 15) is 14.9 Å². The number of hydrogen-bond donors (Lipinski definition) is 1. The van der Waals surface area contributed by atoms with Crippen LogP contribution in [0.25, 0.3) is 0 Å². The second-order valence-corrected chi connectivity index (χ2v) is 5.56. The standard InChI is InChI=1S/C15H21N3O4/c1-11-9-12(6-7-14(11)18(20)21)16-15(19)17(2)10-13-5-3-4-8-22-13/h6-7,9,13H,3-5,8,10H2,1-2H3,(H,16,19). The van der Waals surface area contributed by atoms with Crippen LogP contribution < -0.4 is 5.32 Å². The molecule has 1 aromatic carbocycles. The van der Waals surface area contributed by atoms with Gasteiger partial charge in [0, 0.05) is 37.5 Å².